The number of aromatic nitrogens is 3. The monoisotopic (exact) mass is 298 g/mol. The lowest BCUT2D eigenvalue weighted by Gasteiger charge is -2.16. The highest BCUT2D eigenvalue weighted by Crippen LogP contribution is 1.94. The number of ether oxygens (including phenoxy) is 1. The molecule has 0 spiro atoms. The van der Waals surface area contributed by atoms with Gasteiger partial charge in [-0.1, -0.05) is 5.21 Å². The van der Waals surface area contributed by atoms with E-state index < -0.39 is 0 Å². The van der Waals surface area contributed by atoms with Gasteiger partial charge in [0.25, 0.3) is 0 Å². The number of amides is 2. The minimum absolute atomic E-state index is 0.00422. The normalized spacial score (nSPS) is 10.4. The molecule has 0 radical (unpaired) electrons. The molecule has 1 rings (SSSR count). The van der Waals surface area contributed by atoms with Crippen molar-refractivity contribution >= 4 is 11.8 Å². The van der Waals surface area contributed by atoms with E-state index in [2.05, 4.69) is 15.6 Å². The highest BCUT2D eigenvalue weighted by Gasteiger charge is 2.14. The van der Waals surface area contributed by atoms with Gasteiger partial charge in [0.05, 0.1) is 18.4 Å². The summed E-state index contributed by atoms with van der Waals surface area (Å²) in [5, 5.41) is 10.3. The first-order valence-electron chi connectivity index (χ1n) is 6.65. The topological polar surface area (TPSA) is 115 Å². The summed E-state index contributed by atoms with van der Waals surface area (Å²) in [5.41, 5.74) is 6.03. The number of nitrogens with zero attached hydrogens (tertiary/aromatic N) is 4. The molecule has 1 heterocycles. The predicted molar refractivity (Wildman–Crippen MR) is 75.1 cm³/mol. The summed E-state index contributed by atoms with van der Waals surface area (Å²) in [4.78, 5) is 24.9. The molecule has 0 bridgehead atoms. The van der Waals surface area contributed by atoms with E-state index in [9.17, 15) is 9.59 Å². The van der Waals surface area contributed by atoms with Crippen molar-refractivity contribution in [1.82, 2.24) is 25.2 Å². The van der Waals surface area contributed by atoms with E-state index in [1.165, 1.54) is 9.58 Å². The number of carbonyl (C=O) groups is 2. The van der Waals surface area contributed by atoms with E-state index in [4.69, 9.17) is 10.5 Å². The molecule has 0 unspecified atom stereocenters. The van der Waals surface area contributed by atoms with Crippen LogP contribution >= 0.6 is 0 Å². The van der Waals surface area contributed by atoms with Crippen LogP contribution in [0.25, 0.3) is 0 Å². The van der Waals surface area contributed by atoms with Gasteiger partial charge in [0.15, 0.2) is 0 Å². The van der Waals surface area contributed by atoms with Gasteiger partial charge in [0, 0.05) is 33.9 Å². The largest absolute Gasteiger partial charge is 0.385 e. The van der Waals surface area contributed by atoms with Gasteiger partial charge in [-0.25, -0.2) is 4.68 Å². The van der Waals surface area contributed by atoms with Gasteiger partial charge in [0.1, 0.15) is 6.54 Å². The molecular formula is C12H22N6O3. The van der Waals surface area contributed by atoms with Gasteiger partial charge in [-0.3, -0.25) is 9.59 Å². The Bertz CT molecular complexity index is 462. The standard InChI is InChI=1S/C12H22N6O3/c1-17(8-11(19)14-4-3-5-21-2)12(20)9-18-7-10(6-13)15-16-18/h7H,3-6,8-9,13H2,1-2H3,(H,14,19). The lowest BCUT2D eigenvalue weighted by molar-refractivity contribution is -0.135. The molecule has 9 nitrogen and oxygen atoms in total. The van der Waals surface area contributed by atoms with Crippen LogP contribution in [0.5, 0.6) is 0 Å². The van der Waals surface area contributed by atoms with Crippen LogP contribution in [0.2, 0.25) is 0 Å². The summed E-state index contributed by atoms with van der Waals surface area (Å²) in [5.74, 6) is -0.432. The van der Waals surface area contributed by atoms with Crippen molar-refractivity contribution in [3.63, 3.8) is 0 Å². The molecule has 9 heteroatoms. The van der Waals surface area contributed by atoms with Crippen molar-refractivity contribution in [3.8, 4) is 0 Å². The van der Waals surface area contributed by atoms with E-state index in [1.54, 1.807) is 20.4 Å². The van der Waals surface area contributed by atoms with Crippen molar-refractivity contribution in [2.45, 2.75) is 19.5 Å². The van der Waals surface area contributed by atoms with Gasteiger partial charge in [-0.05, 0) is 6.42 Å². The van der Waals surface area contributed by atoms with Crippen molar-refractivity contribution in [2.24, 2.45) is 5.73 Å². The molecular weight excluding hydrogens is 276 g/mol. The number of methoxy groups -OCH3 is 1. The lowest BCUT2D eigenvalue weighted by Crippen LogP contribution is -2.40. The molecule has 0 fully saturated rings. The second kappa shape index (κ2) is 9.03. The average molecular weight is 298 g/mol. The van der Waals surface area contributed by atoms with Gasteiger partial charge in [-0.15, -0.1) is 5.10 Å². The Morgan fingerprint density at radius 2 is 2.29 bits per heavy atom. The molecule has 0 aliphatic rings. The summed E-state index contributed by atoms with van der Waals surface area (Å²) < 4.78 is 6.28. The molecule has 21 heavy (non-hydrogen) atoms. The van der Waals surface area contributed by atoms with Crippen molar-refractivity contribution in [2.75, 3.05) is 33.9 Å². The molecule has 3 N–H and O–H groups in total. The smallest absolute Gasteiger partial charge is 0.244 e. The van der Waals surface area contributed by atoms with Crippen LogP contribution in [0, 0.1) is 0 Å². The van der Waals surface area contributed by atoms with Crippen LogP contribution in [0.3, 0.4) is 0 Å². The minimum atomic E-state index is -0.226. The Hall–Kier alpha value is -2.00. The summed E-state index contributed by atoms with van der Waals surface area (Å²) in [6.07, 6.45) is 2.34. The molecule has 2 amide bonds. The fraction of sp³-hybridized carbons (Fsp3) is 0.667. The van der Waals surface area contributed by atoms with E-state index in [0.29, 0.717) is 18.8 Å². The first-order valence-corrected chi connectivity index (χ1v) is 6.65. The maximum Gasteiger partial charge on any atom is 0.244 e. The molecule has 0 aliphatic heterocycles. The lowest BCUT2D eigenvalue weighted by atomic mass is 10.4. The molecule has 0 saturated carbocycles. The molecule has 0 aliphatic carbocycles. The Kier molecular flexibility index (Phi) is 7.33. The van der Waals surface area contributed by atoms with Gasteiger partial charge >= 0.3 is 0 Å². The van der Waals surface area contributed by atoms with E-state index in [1.807, 2.05) is 0 Å². The Morgan fingerprint density at radius 1 is 1.52 bits per heavy atom. The van der Waals surface area contributed by atoms with Gasteiger partial charge in [-0.2, -0.15) is 0 Å². The molecule has 0 aromatic carbocycles. The van der Waals surface area contributed by atoms with Crippen molar-refractivity contribution in [3.05, 3.63) is 11.9 Å². The Morgan fingerprint density at radius 3 is 2.90 bits per heavy atom. The van der Waals surface area contributed by atoms with Crippen molar-refractivity contribution < 1.29 is 14.3 Å². The number of likely N-dealkylation sites (N-methyl/N-ethyl adjacent to an activating group) is 1. The van der Waals surface area contributed by atoms with E-state index in [0.717, 1.165) is 6.42 Å². The molecule has 0 saturated heterocycles. The first kappa shape index (κ1) is 17.1. The van der Waals surface area contributed by atoms with E-state index >= 15 is 0 Å². The van der Waals surface area contributed by atoms with Gasteiger partial charge in [0.2, 0.25) is 11.8 Å². The van der Waals surface area contributed by atoms with Crippen LogP contribution in [0.4, 0.5) is 0 Å². The quantitative estimate of drug-likeness (QED) is 0.528. The maximum absolute atomic E-state index is 11.9. The third-order valence-electron chi connectivity index (χ3n) is 2.75. The number of nitrogens with one attached hydrogen (secondary N) is 1. The summed E-state index contributed by atoms with van der Waals surface area (Å²) in [6.45, 7) is 1.42. The summed E-state index contributed by atoms with van der Waals surface area (Å²) in [6, 6.07) is 0. The highest BCUT2D eigenvalue weighted by atomic mass is 16.5. The van der Waals surface area contributed by atoms with Crippen molar-refractivity contribution in [1.29, 1.82) is 0 Å². The molecule has 1 aromatic rings. The highest BCUT2D eigenvalue weighted by molar-refractivity contribution is 5.84. The molecule has 0 atom stereocenters. The first-order chi connectivity index (χ1) is 10.1. The summed E-state index contributed by atoms with van der Waals surface area (Å²) >= 11 is 0. The number of hydrogen-bond donors (Lipinski definition) is 2. The predicted octanol–water partition coefficient (Wildman–Crippen LogP) is -1.65. The number of carbonyl (C=O) groups excluding carboxylic acids is 2. The third kappa shape index (κ3) is 6.32. The van der Waals surface area contributed by atoms with Crippen LogP contribution in [0.1, 0.15) is 12.1 Å². The summed E-state index contributed by atoms with van der Waals surface area (Å²) in [7, 11) is 3.17. The average Bonchev–Trinajstić information content (AvgIpc) is 2.91. The zero-order valence-electron chi connectivity index (χ0n) is 12.4. The number of nitrogens with two attached hydrogens (primary N) is 1. The molecule has 118 valence electrons. The van der Waals surface area contributed by atoms with Crippen LogP contribution < -0.4 is 11.1 Å². The SMILES string of the molecule is COCCCNC(=O)CN(C)C(=O)Cn1cc(CN)nn1. The maximum atomic E-state index is 11.9. The Labute approximate surface area is 123 Å². The molecule has 1 aromatic heterocycles. The van der Waals surface area contributed by atoms with Crippen LogP contribution in [-0.2, 0) is 27.4 Å². The second-order valence-corrected chi connectivity index (χ2v) is 4.56. The number of rotatable bonds is 9. The van der Waals surface area contributed by atoms with E-state index in [-0.39, 0.29) is 31.4 Å². The number of hydrogen-bond acceptors (Lipinski definition) is 6. The zero-order valence-corrected chi connectivity index (χ0v) is 12.4. The fourth-order valence-corrected chi connectivity index (χ4v) is 1.57. The minimum Gasteiger partial charge on any atom is -0.385 e. The zero-order chi connectivity index (χ0) is 15.7. The third-order valence-corrected chi connectivity index (χ3v) is 2.75. The van der Waals surface area contributed by atoms with Crippen LogP contribution in [-0.4, -0.2) is 65.6 Å². The fourth-order valence-electron chi connectivity index (χ4n) is 1.57. The van der Waals surface area contributed by atoms with Gasteiger partial charge < -0.3 is 20.7 Å². The Balaban J connectivity index is 2.31. The van der Waals surface area contributed by atoms with Crippen LogP contribution in [0.15, 0.2) is 6.20 Å². The second-order valence-electron chi connectivity index (χ2n) is 4.56.